The lowest BCUT2D eigenvalue weighted by Gasteiger charge is -2.23. The monoisotopic (exact) mass is 1080 g/mol. The number of unbranched alkanes of at least 4 members (excludes halogenated alkanes) is 8. The molecule has 10 atom stereocenters. The zero-order valence-electron chi connectivity index (χ0n) is 41.5. The van der Waals surface area contributed by atoms with E-state index in [1.807, 2.05) is 18.2 Å². The van der Waals surface area contributed by atoms with Gasteiger partial charge in [0.05, 0.1) is 19.3 Å². The van der Waals surface area contributed by atoms with E-state index in [0.717, 1.165) is 80.3 Å². The summed E-state index contributed by atoms with van der Waals surface area (Å²) < 4.78 is 56.7. The molecule has 410 valence electrons. The molecule has 1 aliphatic heterocycles. The van der Waals surface area contributed by atoms with Crippen LogP contribution >= 0.6 is 27.4 Å². The number of nitrogens with two attached hydrogens (primary N) is 2. The Balaban J connectivity index is 2.07. The number of aliphatic hydroxyl groups is 3. The summed E-state index contributed by atoms with van der Waals surface area (Å²) in [4.78, 5) is 73.6. The molecule has 2 unspecified atom stereocenters. The maximum atomic E-state index is 13.1. The molecule has 1 aliphatic rings. The van der Waals surface area contributed by atoms with Gasteiger partial charge < -0.3 is 55.9 Å². The van der Waals surface area contributed by atoms with Crippen molar-refractivity contribution in [3.05, 3.63) is 71.4 Å². The van der Waals surface area contributed by atoms with E-state index < -0.39 is 107 Å². The van der Waals surface area contributed by atoms with Crippen LogP contribution in [0.1, 0.15) is 130 Å². The molecule has 1 aromatic heterocycles. The van der Waals surface area contributed by atoms with Crippen LogP contribution in [0, 0.1) is 5.92 Å². The molecule has 22 nitrogen and oxygen atoms in total. The number of carbonyl (C=O) groups excluding carboxylic acids is 2. The molecule has 25 heteroatoms. The van der Waals surface area contributed by atoms with Gasteiger partial charge in [-0.1, -0.05) is 121 Å². The lowest BCUT2D eigenvalue weighted by Crippen LogP contribution is -2.38. The van der Waals surface area contributed by atoms with Gasteiger partial charge in [0, 0.05) is 30.0 Å². The molecule has 0 bridgehead atoms. The van der Waals surface area contributed by atoms with Gasteiger partial charge >= 0.3 is 39.2 Å². The minimum absolute atomic E-state index is 0.0562. The van der Waals surface area contributed by atoms with Gasteiger partial charge in [-0.05, 0) is 50.5 Å². The summed E-state index contributed by atoms with van der Waals surface area (Å²) in [5.74, 6) is -2.35. The normalized spacial score (nSPS) is 20.8. The third kappa shape index (κ3) is 28.2. The van der Waals surface area contributed by atoms with Crippen molar-refractivity contribution in [2.45, 2.75) is 172 Å². The number of phosphoric acid groups is 2. The van der Waals surface area contributed by atoms with E-state index in [0.29, 0.717) is 12.3 Å². The Hall–Kier alpha value is -3.54. The second kappa shape index (κ2) is 35.6. The molecule has 0 saturated carbocycles. The van der Waals surface area contributed by atoms with Gasteiger partial charge in [0.15, 0.2) is 12.3 Å². The SMILES string of the molecule is CCCCC/C=C\C\C=C/C=C/C=C/[C@@H](SC[C@H](N)C(=O)OC[C@H](COP(=O)(O)OP(=O)(O)OC[C@H]1O[C@@H](n2ccc(N)nc2=O)[C@H](O)[C@@H]1O)OC(=O)CCCCCCCCC(C)C)[C@@H](O)CCCC(=O)O. The first kappa shape index (κ1) is 64.6. The van der Waals surface area contributed by atoms with Crippen LogP contribution in [-0.4, -0.2) is 125 Å². The second-order valence-electron chi connectivity index (χ2n) is 17.7. The largest absolute Gasteiger partial charge is 0.481 e. The molecule has 0 spiro atoms. The Kier molecular flexibility index (Phi) is 31.9. The summed E-state index contributed by atoms with van der Waals surface area (Å²) in [6.07, 6.45) is 19.0. The van der Waals surface area contributed by atoms with E-state index in [1.165, 1.54) is 18.9 Å². The Morgan fingerprint density at radius 2 is 1.58 bits per heavy atom. The number of carboxylic acids is 1. The smallest absolute Gasteiger partial charge is 0.481 e. The van der Waals surface area contributed by atoms with Crippen LogP contribution in [-0.2, 0) is 51.1 Å². The number of hydrogen-bond acceptors (Lipinski definition) is 19. The van der Waals surface area contributed by atoms with E-state index in [1.54, 1.807) is 18.2 Å². The number of phosphoric ester groups is 2. The van der Waals surface area contributed by atoms with E-state index in [9.17, 15) is 53.4 Å². The summed E-state index contributed by atoms with van der Waals surface area (Å²) in [5.41, 5.74) is 10.7. The number of rotatable bonds is 39. The van der Waals surface area contributed by atoms with Gasteiger partial charge in [-0.2, -0.15) is 9.29 Å². The van der Waals surface area contributed by atoms with Crippen LogP contribution in [0.25, 0.3) is 0 Å². The summed E-state index contributed by atoms with van der Waals surface area (Å²) in [6.45, 7) is 3.74. The highest BCUT2D eigenvalue weighted by molar-refractivity contribution is 8.00. The van der Waals surface area contributed by atoms with Gasteiger partial charge in [0.25, 0.3) is 0 Å². The molecule has 10 N–H and O–H groups in total. The zero-order valence-corrected chi connectivity index (χ0v) is 44.2. The maximum absolute atomic E-state index is 13.1. The first-order chi connectivity index (χ1) is 34.1. The van der Waals surface area contributed by atoms with Crippen molar-refractivity contribution in [2.24, 2.45) is 11.7 Å². The van der Waals surface area contributed by atoms with Gasteiger partial charge in [-0.3, -0.25) is 28.0 Å². The average molecular weight is 1080 g/mol. The second-order valence-corrected chi connectivity index (χ2v) is 21.9. The number of allylic oxidation sites excluding steroid dienone is 7. The van der Waals surface area contributed by atoms with Crippen molar-refractivity contribution in [3.63, 3.8) is 0 Å². The number of aliphatic carboxylic acids is 1. The molecule has 1 fully saturated rings. The van der Waals surface area contributed by atoms with Crippen LogP contribution < -0.4 is 17.2 Å². The Morgan fingerprint density at radius 3 is 2.28 bits per heavy atom. The van der Waals surface area contributed by atoms with Crippen molar-refractivity contribution in [2.75, 3.05) is 31.3 Å². The molecule has 1 saturated heterocycles. The molecular formula is C47H78N4O18P2S. The number of thioether (sulfide) groups is 1. The molecule has 2 heterocycles. The standard InChI is InChI=1S/C47H78N4O18P2S/c1-4-5-6-7-8-9-10-11-12-13-17-20-25-39(37(52)24-22-26-41(53)54)72-33-36(48)46(58)64-30-35(67-42(55)27-21-18-15-14-16-19-23-34(2)3)31-65-70(60,61)69-71(62,63)66-32-38-43(56)44(57)45(68-38)51-29-28-40(49)50-47(51)59/h8-9,11-13,17,20,25,28-29,34-39,43-45,52,56-57H,4-7,10,14-16,18-19,21-24,26-27,30-33,48H2,1-3H3,(H,53,54)(H,60,61)(H,62,63)(H2,49,50,59)/b9-8-,12-11-,17-13+,25-20+/t35-,36+,37+,38-,39-,43-,44-,45-/m1/s1. The number of nitrogens with zero attached hydrogens (tertiary/aromatic N) is 2. The van der Waals surface area contributed by atoms with Crippen LogP contribution in [0.15, 0.2) is 65.7 Å². The highest BCUT2D eigenvalue weighted by atomic mass is 32.2. The molecule has 1 aromatic rings. The number of carbonyl (C=O) groups is 3. The van der Waals surface area contributed by atoms with Crippen LogP contribution in [0.5, 0.6) is 0 Å². The predicted molar refractivity (Wildman–Crippen MR) is 271 cm³/mol. The third-order valence-electron chi connectivity index (χ3n) is 10.8. The Morgan fingerprint density at radius 1 is 0.889 bits per heavy atom. The number of anilines is 1. The van der Waals surface area contributed by atoms with E-state index in [-0.39, 0.29) is 37.3 Å². The fraction of sp³-hybridized carbons (Fsp3) is 0.681. The highest BCUT2D eigenvalue weighted by Crippen LogP contribution is 2.60. The van der Waals surface area contributed by atoms with Gasteiger partial charge in [-0.25, -0.2) is 13.9 Å². The zero-order chi connectivity index (χ0) is 53.5. The third-order valence-corrected chi connectivity index (χ3v) is 14.9. The van der Waals surface area contributed by atoms with Crippen molar-refractivity contribution < 1.29 is 81.3 Å². The van der Waals surface area contributed by atoms with Crippen LogP contribution in [0.3, 0.4) is 0 Å². The highest BCUT2D eigenvalue weighted by Gasteiger charge is 2.46. The fourth-order valence-corrected chi connectivity index (χ4v) is 10.1. The molecule has 0 radical (unpaired) electrons. The van der Waals surface area contributed by atoms with Crippen LogP contribution in [0.4, 0.5) is 5.82 Å². The van der Waals surface area contributed by atoms with E-state index in [2.05, 4.69) is 42.2 Å². The Bertz CT molecular complexity index is 2040. The average Bonchev–Trinajstić information content (AvgIpc) is 3.59. The molecule has 2 rings (SSSR count). The summed E-state index contributed by atoms with van der Waals surface area (Å²) >= 11 is 1.12. The number of ether oxygens (including phenoxy) is 3. The summed E-state index contributed by atoms with van der Waals surface area (Å²) in [5, 5.41) is 40.4. The first-order valence-corrected chi connectivity index (χ1v) is 28.5. The first-order valence-electron chi connectivity index (χ1n) is 24.4. The minimum atomic E-state index is -5.54. The van der Waals surface area contributed by atoms with E-state index in [4.69, 9.17) is 39.8 Å². The molecule has 72 heavy (non-hydrogen) atoms. The number of aromatic nitrogens is 2. The predicted octanol–water partition coefficient (Wildman–Crippen LogP) is 6.17. The molecule has 0 aromatic carbocycles. The molecule has 0 amide bonds. The molecular weight excluding hydrogens is 1000 g/mol. The maximum Gasteiger partial charge on any atom is 0.481 e. The van der Waals surface area contributed by atoms with Crippen molar-refractivity contribution in [1.82, 2.24) is 9.55 Å². The number of nitrogen functional groups attached to an aromatic ring is 1. The number of hydrogen-bond donors (Lipinski definition) is 8. The van der Waals surface area contributed by atoms with Crippen molar-refractivity contribution in [1.29, 1.82) is 0 Å². The minimum Gasteiger partial charge on any atom is -0.481 e. The number of carboxylic acid groups (broad SMARTS) is 1. The topological polar surface area (TPSA) is 349 Å². The number of esters is 2. The lowest BCUT2D eigenvalue weighted by atomic mass is 10.0. The molecule has 0 aliphatic carbocycles. The Labute approximate surface area is 426 Å². The van der Waals surface area contributed by atoms with Crippen molar-refractivity contribution >= 4 is 51.1 Å². The summed E-state index contributed by atoms with van der Waals surface area (Å²) in [6, 6.07) is -0.0748. The summed E-state index contributed by atoms with van der Waals surface area (Å²) in [7, 11) is -11.1. The van der Waals surface area contributed by atoms with Gasteiger partial charge in [0.1, 0.15) is 36.8 Å². The lowest BCUT2D eigenvalue weighted by molar-refractivity contribution is -0.161. The van der Waals surface area contributed by atoms with Gasteiger partial charge in [-0.15, -0.1) is 11.8 Å². The van der Waals surface area contributed by atoms with Crippen LogP contribution in [0.2, 0.25) is 0 Å². The fourth-order valence-electron chi connectivity index (χ4n) is 6.88. The van der Waals surface area contributed by atoms with Crippen molar-refractivity contribution in [3.8, 4) is 0 Å². The van der Waals surface area contributed by atoms with Gasteiger partial charge in [0.2, 0.25) is 0 Å². The quantitative estimate of drug-likeness (QED) is 0.0120. The number of aliphatic hydroxyl groups excluding tert-OH is 3. The van der Waals surface area contributed by atoms with E-state index >= 15 is 0 Å².